The third-order valence-corrected chi connectivity index (χ3v) is 2.61. The van der Waals surface area contributed by atoms with E-state index < -0.39 is 0 Å². The average Bonchev–Trinajstić information content (AvgIpc) is 2.00. The van der Waals surface area contributed by atoms with Crippen LogP contribution in [-0.2, 0) is 0 Å². The highest BCUT2D eigenvalue weighted by atomic mass is 15.1. The maximum Gasteiger partial charge on any atom is 0.0168 e. The molecule has 3 heteroatoms. The number of piperidine rings is 1. The van der Waals surface area contributed by atoms with Crippen molar-refractivity contribution in [2.75, 3.05) is 19.6 Å². The Kier molecular flexibility index (Phi) is 3.71. The van der Waals surface area contributed by atoms with E-state index in [9.17, 15) is 0 Å². The Bertz CT molecular complexity index is 151. The maximum absolute atomic E-state index is 5.93. The van der Waals surface area contributed by atoms with Gasteiger partial charge in [0.25, 0.3) is 0 Å². The Labute approximate surface area is 81.5 Å². The molecule has 3 nitrogen and oxygen atoms in total. The average molecular weight is 185 g/mol. The second-order valence-corrected chi connectivity index (χ2v) is 4.94. The van der Waals surface area contributed by atoms with E-state index in [1.165, 1.54) is 19.4 Å². The van der Waals surface area contributed by atoms with Crippen molar-refractivity contribution >= 4 is 0 Å². The Balaban J connectivity index is 2.21. The number of nitrogens with two attached hydrogens (primary N) is 2. The van der Waals surface area contributed by atoms with Crippen LogP contribution in [0.2, 0.25) is 0 Å². The monoisotopic (exact) mass is 185 g/mol. The summed E-state index contributed by atoms with van der Waals surface area (Å²) in [6.45, 7) is 7.50. The summed E-state index contributed by atoms with van der Waals surface area (Å²) in [6.07, 6.45) is 3.48. The third-order valence-electron chi connectivity index (χ3n) is 2.61. The Morgan fingerprint density at radius 1 is 1.46 bits per heavy atom. The first-order valence-electron chi connectivity index (χ1n) is 5.24. The van der Waals surface area contributed by atoms with Gasteiger partial charge >= 0.3 is 0 Å². The molecule has 13 heavy (non-hydrogen) atoms. The molecule has 1 aliphatic heterocycles. The third kappa shape index (κ3) is 4.60. The molecule has 1 heterocycles. The number of hydrogen-bond acceptors (Lipinski definition) is 3. The summed E-state index contributed by atoms with van der Waals surface area (Å²) in [5.74, 6) is 0. The van der Waals surface area contributed by atoms with Crippen LogP contribution in [0.5, 0.6) is 0 Å². The van der Waals surface area contributed by atoms with Gasteiger partial charge in [0.15, 0.2) is 0 Å². The van der Waals surface area contributed by atoms with E-state index in [0.717, 1.165) is 19.5 Å². The molecule has 0 aromatic carbocycles. The van der Waals surface area contributed by atoms with Crippen molar-refractivity contribution in [2.24, 2.45) is 11.5 Å². The summed E-state index contributed by atoms with van der Waals surface area (Å²) in [6, 6.07) is 0.384. The lowest BCUT2D eigenvalue weighted by Crippen LogP contribution is -2.45. The minimum absolute atomic E-state index is 0.0401. The van der Waals surface area contributed by atoms with Crippen molar-refractivity contribution in [3.05, 3.63) is 0 Å². The standard InChI is InChI=1S/C10H23N3/c1-10(2,12)5-7-13-6-3-4-9(11)8-13/h9H,3-8,11-12H2,1-2H3. The molecule has 0 radical (unpaired) electrons. The highest BCUT2D eigenvalue weighted by molar-refractivity contribution is 4.78. The van der Waals surface area contributed by atoms with Crippen LogP contribution in [0.4, 0.5) is 0 Å². The largest absolute Gasteiger partial charge is 0.327 e. The summed E-state index contributed by atoms with van der Waals surface area (Å²) < 4.78 is 0. The second kappa shape index (κ2) is 4.40. The highest BCUT2D eigenvalue weighted by Gasteiger charge is 2.18. The Morgan fingerprint density at radius 2 is 2.15 bits per heavy atom. The van der Waals surface area contributed by atoms with Gasteiger partial charge < -0.3 is 16.4 Å². The van der Waals surface area contributed by atoms with Crippen molar-refractivity contribution in [3.8, 4) is 0 Å². The molecule has 0 spiro atoms. The minimum Gasteiger partial charge on any atom is -0.327 e. The summed E-state index contributed by atoms with van der Waals surface area (Å²) in [7, 11) is 0. The van der Waals surface area contributed by atoms with Crippen molar-refractivity contribution in [3.63, 3.8) is 0 Å². The van der Waals surface area contributed by atoms with Crippen molar-refractivity contribution in [1.29, 1.82) is 0 Å². The zero-order valence-electron chi connectivity index (χ0n) is 8.92. The van der Waals surface area contributed by atoms with E-state index >= 15 is 0 Å². The van der Waals surface area contributed by atoms with E-state index in [2.05, 4.69) is 18.7 Å². The molecule has 1 rings (SSSR count). The fourth-order valence-corrected chi connectivity index (χ4v) is 1.74. The molecular weight excluding hydrogens is 162 g/mol. The molecule has 0 aromatic heterocycles. The van der Waals surface area contributed by atoms with Gasteiger partial charge in [0.05, 0.1) is 0 Å². The lowest BCUT2D eigenvalue weighted by molar-refractivity contribution is 0.194. The number of rotatable bonds is 3. The van der Waals surface area contributed by atoms with Gasteiger partial charge in [-0.3, -0.25) is 0 Å². The van der Waals surface area contributed by atoms with Gasteiger partial charge in [-0.05, 0) is 46.2 Å². The fraction of sp³-hybridized carbons (Fsp3) is 1.00. The Hall–Kier alpha value is -0.120. The van der Waals surface area contributed by atoms with Crippen LogP contribution in [0.25, 0.3) is 0 Å². The first-order valence-corrected chi connectivity index (χ1v) is 5.24. The molecular formula is C10H23N3. The lowest BCUT2D eigenvalue weighted by atomic mass is 10.0. The molecule has 4 N–H and O–H groups in total. The summed E-state index contributed by atoms with van der Waals surface area (Å²) in [5, 5.41) is 0. The van der Waals surface area contributed by atoms with E-state index in [0.29, 0.717) is 6.04 Å². The normalized spacial score (nSPS) is 26.3. The predicted molar refractivity (Wildman–Crippen MR) is 56.5 cm³/mol. The number of nitrogens with zero attached hydrogens (tertiary/aromatic N) is 1. The molecule has 1 fully saturated rings. The van der Waals surface area contributed by atoms with Gasteiger partial charge in [0.1, 0.15) is 0 Å². The molecule has 1 unspecified atom stereocenters. The maximum atomic E-state index is 5.93. The van der Waals surface area contributed by atoms with Crippen LogP contribution in [0.1, 0.15) is 33.1 Å². The van der Waals surface area contributed by atoms with Gasteiger partial charge in [-0.2, -0.15) is 0 Å². The summed E-state index contributed by atoms with van der Waals surface area (Å²) in [4.78, 5) is 2.43. The molecule has 0 bridgehead atoms. The fourth-order valence-electron chi connectivity index (χ4n) is 1.74. The van der Waals surface area contributed by atoms with E-state index in [4.69, 9.17) is 11.5 Å². The summed E-state index contributed by atoms with van der Waals surface area (Å²) >= 11 is 0. The first kappa shape index (κ1) is 11.0. The molecule has 78 valence electrons. The van der Waals surface area contributed by atoms with Gasteiger partial charge in [-0.15, -0.1) is 0 Å². The van der Waals surface area contributed by atoms with Crippen LogP contribution >= 0.6 is 0 Å². The van der Waals surface area contributed by atoms with Gasteiger partial charge in [0, 0.05) is 18.1 Å². The Morgan fingerprint density at radius 3 is 2.69 bits per heavy atom. The predicted octanol–water partition coefficient (Wildman–Crippen LogP) is 0.537. The molecule has 0 aromatic rings. The number of hydrogen-bond donors (Lipinski definition) is 2. The van der Waals surface area contributed by atoms with E-state index in [1.807, 2.05) is 0 Å². The highest BCUT2D eigenvalue weighted by Crippen LogP contribution is 2.11. The molecule has 0 saturated carbocycles. The van der Waals surface area contributed by atoms with Gasteiger partial charge in [-0.1, -0.05) is 0 Å². The van der Waals surface area contributed by atoms with E-state index in [1.54, 1.807) is 0 Å². The zero-order chi connectivity index (χ0) is 9.90. The van der Waals surface area contributed by atoms with Crippen molar-refractivity contribution in [1.82, 2.24) is 4.90 Å². The SMILES string of the molecule is CC(C)(N)CCN1CCCC(N)C1. The van der Waals surface area contributed by atoms with E-state index in [-0.39, 0.29) is 5.54 Å². The van der Waals surface area contributed by atoms with Gasteiger partial charge in [0.2, 0.25) is 0 Å². The molecule has 1 aliphatic rings. The van der Waals surface area contributed by atoms with Crippen LogP contribution < -0.4 is 11.5 Å². The zero-order valence-corrected chi connectivity index (χ0v) is 8.92. The van der Waals surface area contributed by atoms with Crippen LogP contribution in [-0.4, -0.2) is 36.1 Å². The lowest BCUT2D eigenvalue weighted by Gasteiger charge is -2.32. The van der Waals surface area contributed by atoms with Crippen LogP contribution in [0.3, 0.4) is 0 Å². The molecule has 0 aliphatic carbocycles. The van der Waals surface area contributed by atoms with Gasteiger partial charge in [-0.25, -0.2) is 0 Å². The number of likely N-dealkylation sites (tertiary alicyclic amines) is 1. The molecule has 1 saturated heterocycles. The minimum atomic E-state index is -0.0401. The molecule has 0 amide bonds. The molecule has 1 atom stereocenters. The second-order valence-electron chi connectivity index (χ2n) is 4.94. The van der Waals surface area contributed by atoms with Crippen LogP contribution in [0, 0.1) is 0 Å². The quantitative estimate of drug-likeness (QED) is 0.674. The topological polar surface area (TPSA) is 55.3 Å². The van der Waals surface area contributed by atoms with Crippen molar-refractivity contribution in [2.45, 2.75) is 44.7 Å². The van der Waals surface area contributed by atoms with Crippen molar-refractivity contribution < 1.29 is 0 Å². The van der Waals surface area contributed by atoms with Crippen LogP contribution in [0.15, 0.2) is 0 Å². The first-order chi connectivity index (χ1) is 5.97. The smallest absolute Gasteiger partial charge is 0.0168 e. The summed E-state index contributed by atoms with van der Waals surface area (Å²) in [5.41, 5.74) is 11.8.